The molecule has 0 radical (unpaired) electrons. The van der Waals surface area contributed by atoms with E-state index in [-0.39, 0.29) is 6.10 Å². The first-order valence-electron chi connectivity index (χ1n) is 3.36. The zero-order chi connectivity index (χ0) is 7.11. The van der Waals surface area contributed by atoms with Crippen LogP contribution in [0.4, 0.5) is 0 Å². The van der Waals surface area contributed by atoms with Crippen LogP contribution in [-0.2, 0) is 9.53 Å². The second kappa shape index (κ2) is 5.76. The highest BCUT2D eigenvalue weighted by Crippen LogP contribution is 1.94. The fourth-order valence-electron chi connectivity index (χ4n) is 0.523. The number of ether oxygens (including phenoxy) is 1. The molecule has 0 amide bonds. The molecule has 1 atom stereocenters. The minimum absolute atomic E-state index is 0.0995. The van der Waals surface area contributed by atoms with Gasteiger partial charge < -0.3 is 9.53 Å². The van der Waals surface area contributed by atoms with Gasteiger partial charge in [0.05, 0.1) is 6.10 Å². The molecule has 0 aromatic heterocycles. The zero-order valence-corrected chi connectivity index (χ0v) is 6.09. The van der Waals surface area contributed by atoms with Crippen molar-refractivity contribution in [3.05, 3.63) is 0 Å². The van der Waals surface area contributed by atoms with Gasteiger partial charge in [-0.3, -0.25) is 0 Å². The molecular formula is C7H14O2. The summed E-state index contributed by atoms with van der Waals surface area (Å²) in [6.07, 6.45) is 2.52. The Labute approximate surface area is 56.2 Å². The predicted octanol–water partition coefficient (Wildman–Crippen LogP) is 1.39. The molecule has 0 aromatic carbocycles. The summed E-state index contributed by atoms with van der Waals surface area (Å²) in [6, 6.07) is 0. The largest absolute Gasteiger partial charge is 0.378 e. The van der Waals surface area contributed by atoms with E-state index < -0.39 is 0 Å². The van der Waals surface area contributed by atoms with E-state index in [2.05, 4.69) is 0 Å². The van der Waals surface area contributed by atoms with Crippen molar-refractivity contribution in [2.75, 3.05) is 6.61 Å². The standard InChI is InChI=1S/C7H14O2/c1-3-6-9-7(2)4-5-8/h5,7H,3-4,6H2,1-2H3. The van der Waals surface area contributed by atoms with E-state index in [9.17, 15) is 4.79 Å². The number of carbonyl (C=O) groups excluding carboxylic acids is 1. The SMILES string of the molecule is CCCOC(C)CC=O. The van der Waals surface area contributed by atoms with Crippen molar-refractivity contribution in [2.45, 2.75) is 32.8 Å². The number of hydrogen-bond acceptors (Lipinski definition) is 2. The van der Waals surface area contributed by atoms with E-state index in [1.807, 2.05) is 13.8 Å². The Morgan fingerprint density at radius 2 is 2.33 bits per heavy atom. The first kappa shape index (κ1) is 8.63. The molecule has 9 heavy (non-hydrogen) atoms. The van der Waals surface area contributed by atoms with Crippen LogP contribution in [0.3, 0.4) is 0 Å². The molecule has 0 rings (SSSR count). The Morgan fingerprint density at radius 1 is 1.67 bits per heavy atom. The normalized spacial score (nSPS) is 13.1. The van der Waals surface area contributed by atoms with Crippen LogP contribution in [0.25, 0.3) is 0 Å². The van der Waals surface area contributed by atoms with Gasteiger partial charge in [0.1, 0.15) is 6.29 Å². The van der Waals surface area contributed by atoms with Gasteiger partial charge in [-0.05, 0) is 13.3 Å². The van der Waals surface area contributed by atoms with E-state index in [4.69, 9.17) is 4.74 Å². The summed E-state index contributed by atoms with van der Waals surface area (Å²) >= 11 is 0. The van der Waals surface area contributed by atoms with Gasteiger partial charge in [0.25, 0.3) is 0 Å². The molecule has 2 nitrogen and oxygen atoms in total. The van der Waals surface area contributed by atoms with Crippen molar-refractivity contribution in [1.82, 2.24) is 0 Å². The summed E-state index contributed by atoms with van der Waals surface area (Å²) < 4.78 is 5.20. The van der Waals surface area contributed by atoms with Crippen LogP contribution in [0.5, 0.6) is 0 Å². The van der Waals surface area contributed by atoms with Crippen molar-refractivity contribution in [3.63, 3.8) is 0 Å². The number of aldehydes is 1. The van der Waals surface area contributed by atoms with Crippen LogP contribution < -0.4 is 0 Å². The van der Waals surface area contributed by atoms with E-state index >= 15 is 0 Å². The molecule has 0 saturated heterocycles. The third-order valence-corrected chi connectivity index (χ3v) is 1.03. The maximum absolute atomic E-state index is 9.90. The Hall–Kier alpha value is -0.370. The Balaban J connectivity index is 3.04. The molecule has 0 aromatic rings. The molecule has 0 aliphatic carbocycles. The van der Waals surface area contributed by atoms with E-state index in [0.717, 1.165) is 19.3 Å². The third kappa shape index (κ3) is 5.50. The van der Waals surface area contributed by atoms with Gasteiger partial charge >= 0.3 is 0 Å². The van der Waals surface area contributed by atoms with E-state index in [0.29, 0.717) is 6.42 Å². The maximum atomic E-state index is 9.90. The summed E-state index contributed by atoms with van der Waals surface area (Å²) in [7, 11) is 0. The van der Waals surface area contributed by atoms with Gasteiger partial charge in [-0.1, -0.05) is 6.92 Å². The van der Waals surface area contributed by atoms with Gasteiger partial charge in [-0.25, -0.2) is 0 Å². The average molecular weight is 130 g/mol. The average Bonchev–Trinajstić information content (AvgIpc) is 1.85. The van der Waals surface area contributed by atoms with Gasteiger partial charge in [-0.2, -0.15) is 0 Å². The molecule has 0 N–H and O–H groups in total. The van der Waals surface area contributed by atoms with Crippen molar-refractivity contribution >= 4 is 6.29 Å². The fraction of sp³-hybridized carbons (Fsp3) is 0.857. The highest BCUT2D eigenvalue weighted by Gasteiger charge is 1.97. The molecular weight excluding hydrogens is 116 g/mol. The van der Waals surface area contributed by atoms with Gasteiger partial charge in [0, 0.05) is 13.0 Å². The summed E-state index contributed by atoms with van der Waals surface area (Å²) in [5, 5.41) is 0. The van der Waals surface area contributed by atoms with Crippen LogP contribution in [0.15, 0.2) is 0 Å². The number of hydrogen-bond donors (Lipinski definition) is 0. The first-order chi connectivity index (χ1) is 4.31. The number of rotatable bonds is 5. The van der Waals surface area contributed by atoms with Gasteiger partial charge in [-0.15, -0.1) is 0 Å². The van der Waals surface area contributed by atoms with Crippen LogP contribution in [-0.4, -0.2) is 19.0 Å². The lowest BCUT2D eigenvalue weighted by atomic mass is 10.3. The highest BCUT2D eigenvalue weighted by atomic mass is 16.5. The quantitative estimate of drug-likeness (QED) is 0.526. The topological polar surface area (TPSA) is 26.3 Å². The minimum atomic E-state index is 0.0995. The summed E-state index contributed by atoms with van der Waals surface area (Å²) in [5.74, 6) is 0. The Kier molecular flexibility index (Phi) is 5.52. The number of carbonyl (C=O) groups is 1. The molecule has 0 saturated carbocycles. The summed E-state index contributed by atoms with van der Waals surface area (Å²) in [4.78, 5) is 9.90. The Morgan fingerprint density at radius 3 is 2.78 bits per heavy atom. The fourth-order valence-corrected chi connectivity index (χ4v) is 0.523. The Bertz CT molecular complexity index is 71.3. The molecule has 2 heteroatoms. The van der Waals surface area contributed by atoms with Gasteiger partial charge in [0.2, 0.25) is 0 Å². The van der Waals surface area contributed by atoms with Crippen molar-refractivity contribution in [2.24, 2.45) is 0 Å². The van der Waals surface area contributed by atoms with Crippen LogP contribution in [0.2, 0.25) is 0 Å². The van der Waals surface area contributed by atoms with Gasteiger partial charge in [0.15, 0.2) is 0 Å². The molecule has 0 heterocycles. The molecule has 0 aliphatic rings. The summed E-state index contributed by atoms with van der Waals surface area (Å²) in [5.41, 5.74) is 0. The molecule has 0 spiro atoms. The van der Waals surface area contributed by atoms with E-state index in [1.165, 1.54) is 0 Å². The highest BCUT2D eigenvalue weighted by molar-refractivity contribution is 5.49. The van der Waals surface area contributed by atoms with Crippen molar-refractivity contribution < 1.29 is 9.53 Å². The van der Waals surface area contributed by atoms with Crippen molar-refractivity contribution in [1.29, 1.82) is 0 Å². The zero-order valence-electron chi connectivity index (χ0n) is 6.09. The molecule has 0 fully saturated rings. The second-order valence-corrected chi connectivity index (χ2v) is 2.08. The van der Waals surface area contributed by atoms with Crippen LogP contribution >= 0.6 is 0 Å². The lowest BCUT2D eigenvalue weighted by Crippen LogP contribution is -2.08. The maximum Gasteiger partial charge on any atom is 0.122 e. The first-order valence-corrected chi connectivity index (χ1v) is 3.36. The molecule has 1 unspecified atom stereocenters. The lowest BCUT2D eigenvalue weighted by molar-refractivity contribution is -0.110. The lowest BCUT2D eigenvalue weighted by Gasteiger charge is -2.06. The smallest absolute Gasteiger partial charge is 0.122 e. The summed E-state index contributed by atoms with van der Waals surface area (Å²) in [6.45, 7) is 4.71. The van der Waals surface area contributed by atoms with Crippen LogP contribution in [0.1, 0.15) is 26.7 Å². The monoisotopic (exact) mass is 130 g/mol. The van der Waals surface area contributed by atoms with E-state index in [1.54, 1.807) is 0 Å². The minimum Gasteiger partial charge on any atom is -0.378 e. The second-order valence-electron chi connectivity index (χ2n) is 2.08. The van der Waals surface area contributed by atoms with Crippen molar-refractivity contribution in [3.8, 4) is 0 Å². The molecule has 0 aliphatic heterocycles. The third-order valence-electron chi connectivity index (χ3n) is 1.03. The molecule has 0 bridgehead atoms. The molecule has 54 valence electrons. The van der Waals surface area contributed by atoms with Crippen LogP contribution in [0, 0.1) is 0 Å². The predicted molar refractivity (Wildman–Crippen MR) is 36.4 cm³/mol.